The van der Waals surface area contributed by atoms with E-state index in [2.05, 4.69) is 36.2 Å². The summed E-state index contributed by atoms with van der Waals surface area (Å²) >= 11 is 1.54. The van der Waals surface area contributed by atoms with Crippen LogP contribution in [-0.4, -0.2) is 19.5 Å². The fourth-order valence-corrected chi connectivity index (χ4v) is 5.37. The van der Waals surface area contributed by atoms with Crippen molar-refractivity contribution >= 4 is 17.0 Å². The Morgan fingerprint density at radius 2 is 1.76 bits per heavy atom. The van der Waals surface area contributed by atoms with Crippen LogP contribution in [0.1, 0.15) is 48.1 Å². The number of benzene rings is 2. The Hall–Kier alpha value is -4.10. The first-order chi connectivity index (χ1) is 18.5. The molecule has 0 saturated heterocycles. The van der Waals surface area contributed by atoms with Gasteiger partial charge in [-0.05, 0) is 49.1 Å². The number of nitrogens with two attached hydrogens (primary N) is 1. The molecule has 0 fully saturated rings. The summed E-state index contributed by atoms with van der Waals surface area (Å²) in [6, 6.07) is 21.9. The van der Waals surface area contributed by atoms with Crippen molar-refractivity contribution in [1.29, 1.82) is 0 Å². The second kappa shape index (κ2) is 11.5. The van der Waals surface area contributed by atoms with Crippen LogP contribution >= 0.6 is 11.3 Å². The fourth-order valence-electron chi connectivity index (χ4n) is 4.59. The van der Waals surface area contributed by atoms with E-state index in [0.717, 1.165) is 69.3 Å². The van der Waals surface area contributed by atoms with Crippen LogP contribution in [0.4, 0.5) is 5.69 Å². The lowest BCUT2D eigenvalue weighted by Gasteiger charge is -2.15. The number of nitrogens with zero attached hydrogens (tertiary/aromatic N) is 4. The number of rotatable bonds is 9. The predicted octanol–water partition coefficient (Wildman–Crippen LogP) is 6.30. The standard InChI is InChI=1S/C31H31N5OS/c1-3-4-11-28-26(18-22-13-15-23(16-14-22)25-9-5-6-10-27(25)32)31(37)36(21(2)34-28)19-24-20-38-30(35-24)29-12-7-8-17-33-29/h5-10,12-17,20H,3-4,11,18-19,32H2,1-2H3. The number of thiazole rings is 1. The number of aromatic nitrogens is 4. The van der Waals surface area contributed by atoms with E-state index in [0.29, 0.717) is 18.8 Å². The summed E-state index contributed by atoms with van der Waals surface area (Å²) < 4.78 is 1.75. The molecule has 2 N–H and O–H groups in total. The first kappa shape index (κ1) is 25.5. The molecule has 0 saturated carbocycles. The van der Waals surface area contributed by atoms with Gasteiger partial charge in [-0.15, -0.1) is 11.3 Å². The Bertz CT molecular complexity index is 1590. The normalized spacial score (nSPS) is 11.1. The Balaban J connectivity index is 1.45. The average molecular weight is 522 g/mol. The molecule has 2 aromatic carbocycles. The van der Waals surface area contributed by atoms with E-state index in [1.807, 2.05) is 54.8 Å². The molecule has 0 atom stereocenters. The molecule has 7 heteroatoms. The van der Waals surface area contributed by atoms with E-state index in [1.54, 1.807) is 10.8 Å². The van der Waals surface area contributed by atoms with E-state index in [-0.39, 0.29) is 5.56 Å². The molecular formula is C31H31N5OS. The molecule has 0 aliphatic carbocycles. The maximum absolute atomic E-state index is 13.9. The Kier molecular flexibility index (Phi) is 7.75. The summed E-state index contributed by atoms with van der Waals surface area (Å²) in [4.78, 5) is 27.9. The minimum absolute atomic E-state index is 0.00682. The minimum atomic E-state index is 0.00682. The Morgan fingerprint density at radius 3 is 2.50 bits per heavy atom. The van der Waals surface area contributed by atoms with Crippen molar-refractivity contribution in [3.05, 3.63) is 117 Å². The molecule has 0 aliphatic rings. The number of anilines is 1. The van der Waals surface area contributed by atoms with E-state index in [4.69, 9.17) is 15.7 Å². The van der Waals surface area contributed by atoms with Crippen molar-refractivity contribution in [1.82, 2.24) is 19.5 Å². The van der Waals surface area contributed by atoms with Crippen LogP contribution < -0.4 is 11.3 Å². The van der Waals surface area contributed by atoms with Gasteiger partial charge in [-0.1, -0.05) is 61.9 Å². The summed E-state index contributed by atoms with van der Waals surface area (Å²) in [5, 5.41) is 2.84. The molecule has 38 heavy (non-hydrogen) atoms. The molecule has 0 bridgehead atoms. The summed E-state index contributed by atoms with van der Waals surface area (Å²) in [6.07, 6.45) is 5.13. The SMILES string of the molecule is CCCCc1nc(C)n(Cc2csc(-c3ccccn3)n2)c(=O)c1Cc1ccc(-c2ccccc2N)cc1. The topological polar surface area (TPSA) is 86.7 Å². The highest BCUT2D eigenvalue weighted by atomic mass is 32.1. The number of pyridine rings is 1. The number of unbranched alkanes of at least 4 members (excludes halogenated alkanes) is 1. The van der Waals surface area contributed by atoms with Crippen LogP contribution in [0, 0.1) is 6.92 Å². The van der Waals surface area contributed by atoms with Gasteiger partial charge in [0.1, 0.15) is 10.8 Å². The highest BCUT2D eigenvalue weighted by Crippen LogP contribution is 2.26. The van der Waals surface area contributed by atoms with Crippen LogP contribution in [0.25, 0.3) is 21.8 Å². The van der Waals surface area contributed by atoms with Crippen molar-refractivity contribution in [2.45, 2.75) is 46.1 Å². The van der Waals surface area contributed by atoms with Crippen molar-refractivity contribution in [3.8, 4) is 21.8 Å². The molecule has 3 heterocycles. The first-order valence-corrected chi connectivity index (χ1v) is 13.8. The second-order valence-corrected chi connectivity index (χ2v) is 10.3. The maximum atomic E-state index is 13.9. The van der Waals surface area contributed by atoms with Gasteiger partial charge in [0.2, 0.25) is 0 Å². The van der Waals surface area contributed by atoms with Crippen LogP contribution in [0.3, 0.4) is 0 Å². The average Bonchev–Trinajstić information content (AvgIpc) is 3.42. The van der Waals surface area contributed by atoms with E-state index in [9.17, 15) is 4.79 Å². The molecule has 3 aromatic heterocycles. The fraction of sp³-hybridized carbons (Fsp3) is 0.226. The van der Waals surface area contributed by atoms with Gasteiger partial charge in [-0.25, -0.2) is 9.97 Å². The van der Waals surface area contributed by atoms with Crippen molar-refractivity contribution in [2.24, 2.45) is 0 Å². The third-order valence-corrected chi connectivity index (χ3v) is 7.58. The van der Waals surface area contributed by atoms with Crippen LogP contribution in [0.15, 0.2) is 83.1 Å². The second-order valence-electron chi connectivity index (χ2n) is 9.40. The van der Waals surface area contributed by atoms with Gasteiger partial charge < -0.3 is 5.73 Å². The quantitative estimate of drug-likeness (QED) is 0.230. The van der Waals surface area contributed by atoms with Gasteiger partial charge >= 0.3 is 0 Å². The van der Waals surface area contributed by atoms with Crippen LogP contribution in [0.2, 0.25) is 0 Å². The minimum Gasteiger partial charge on any atom is -0.398 e. The number of nitrogen functional groups attached to an aromatic ring is 1. The van der Waals surface area contributed by atoms with Crippen molar-refractivity contribution < 1.29 is 0 Å². The molecule has 6 nitrogen and oxygen atoms in total. The molecule has 192 valence electrons. The third kappa shape index (κ3) is 5.58. The lowest BCUT2D eigenvalue weighted by atomic mass is 9.98. The van der Waals surface area contributed by atoms with Gasteiger partial charge in [0, 0.05) is 34.8 Å². The van der Waals surface area contributed by atoms with Gasteiger partial charge in [0.15, 0.2) is 0 Å². The zero-order valence-electron chi connectivity index (χ0n) is 21.7. The zero-order valence-corrected chi connectivity index (χ0v) is 22.5. The molecule has 5 rings (SSSR count). The zero-order chi connectivity index (χ0) is 26.5. The number of hydrogen-bond donors (Lipinski definition) is 1. The molecule has 0 spiro atoms. The summed E-state index contributed by atoms with van der Waals surface area (Å²) in [5.41, 5.74) is 13.4. The molecule has 5 aromatic rings. The smallest absolute Gasteiger partial charge is 0.257 e. The van der Waals surface area contributed by atoms with E-state index < -0.39 is 0 Å². The Morgan fingerprint density at radius 1 is 0.974 bits per heavy atom. The Labute approximate surface area is 226 Å². The van der Waals surface area contributed by atoms with E-state index >= 15 is 0 Å². The first-order valence-electron chi connectivity index (χ1n) is 12.9. The van der Waals surface area contributed by atoms with Crippen LogP contribution in [-0.2, 0) is 19.4 Å². The lowest BCUT2D eigenvalue weighted by molar-refractivity contribution is 0.655. The van der Waals surface area contributed by atoms with Gasteiger partial charge in [0.05, 0.1) is 23.6 Å². The monoisotopic (exact) mass is 521 g/mol. The largest absolute Gasteiger partial charge is 0.398 e. The number of para-hydroxylation sites is 1. The summed E-state index contributed by atoms with van der Waals surface area (Å²) in [5.74, 6) is 0.715. The van der Waals surface area contributed by atoms with Gasteiger partial charge in [-0.2, -0.15) is 0 Å². The molecule has 0 amide bonds. The summed E-state index contributed by atoms with van der Waals surface area (Å²) in [6.45, 7) is 4.45. The van der Waals surface area contributed by atoms with Crippen molar-refractivity contribution in [2.75, 3.05) is 5.73 Å². The van der Waals surface area contributed by atoms with E-state index in [1.165, 1.54) is 11.3 Å². The predicted molar refractivity (Wildman–Crippen MR) is 155 cm³/mol. The molecular weight excluding hydrogens is 490 g/mol. The van der Waals surface area contributed by atoms with Crippen LogP contribution in [0.5, 0.6) is 0 Å². The van der Waals surface area contributed by atoms with Crippen molar-refractivity contribution in [3.63, 3.8) is 0 Å². The lowest BCUT2D eigenvalue weighted by Crippen LogP contribution is -2.30. The summed E-state index contributed by atoms with van der Waals surface area (Å²) in [7, 11) is 0. The number of hydrogen-bond acceptors (Lipinski definition) is 6. The maximum Gasteiger partial charge on any atom is 0.257 e. The highest BCUT2D eigenvalue weighted by Gasteiger charge is 2.17. The molecule has 0 aliphatic heterocycles. The molecule has 0 unspecified atom stereocenters. The highest BCUT2D eigenvalue weighted by molar-refractivity contribution is 7.13. The number of aryl methyl sites for hydroxylation is 2. The third-order valence-electron chi connectivity index (χ3n) is 6.67. The molecule has 0 radical (unpaired) electrons. The van der Waals surface area contributed by atoms with Gasteiger partial charge in [-0.3, -0.25) is 14.3 Å². The van der Waals surface area contributed by atoms with Gasteiger partial charge in [0.25, 0.3) is 5.56 Å².